The minimum absolute atomic E-state index is 0.317. The molecular weight excluding hydrogens is 256 g/mol. The fourth-order valence-corrected chi connectivity index (χ4v) is 3.35. The molecule has 1 spiro atoms. The number of fused-ring (bicyclic) bond motifs is 3. The van der Waals surface area contributed by atoms with Gasteiger partial charge in [0.1, 0.15) is 28.4 Å². The SMILES string of the molecule is COc1ccc(OC)c2c1nc1n2CCC2(COC2)C1. The lowest BCUT2D eigenvalue weighted by molar-refractivity contribution is -0.124. The molecule has 1 saturated heterocycles. The zero-order valence-corrected chi connectivity index (χ0v) is 11.8. The highest BCUT2D eigenvalue weighted by Gasteiger charge is 2.42. The van der Waals surface area contributed by atoms with Crippen molar-refractivity contribution in [3.63, 3.8) is 0 Å². The molecule has 1 aromatic carbocycles. The van der Waals surface area contributed by atoms with Crippen LogP contribution in [0.25, 0.3) is 11.0 Å². The van der Waals surface area contributed by atoms with E-state index < -0.39 is 0 Å². The molecule has 0 unspecified atom stereocenters. The number of ether oxygens (including phenoxy) is 3. The van der Waals surface area contributed by atoms with Crippen molar-refractivity contribution >= 4 is 11.0 Å². The molecule has 0 N–H and O–H groups in total. The van der Waals surface area contributed by atoms with Gasteiger partial charge in [-0.25, -0.2) is 4.98 Å². The van der Waals surface area contributed by atoms with E-state index in [9.17, 15) is 0 Å². The number of hydrogen-bond acceptors (Lipinski definition) is 4. The van der Waals surface area contributed by atoms with E-state index >= 15 is 0 Å². The number of aryl methyl sites for hydroxylation is 1. The maximum atomic E-state index is 5.50. The number of imidazole rings is 1. The number of hydrogen-bond donors (Lipinski definition) is 0. The van der Waals surface area contributed by atoms with Crippen LogP contribution in [-0.4, -0.2) is 37.0 Å². The lowest BCUT2D eigenvalue weighted by Gasteiger charge is -2.44. The largest absolute Gasteiger partial charge is 0.494 e. The number of methoxy groups -OCH3 is 2. The summed E-state index contributed by atoms with van der Waals surface area (Å²) in [7, 11) is 3.38. The van der Waals surface area contributed by atoms with Gasteiger partial charge in [-0.3, -0.25) is 0 Å². The standard InChI is InChI=1S/C15H18N2O3/c1-18-10-3-4-11(19-2)14-13(10)16-12-7-15(8-20-9-15)5-6-17(12)14/h3-4H,5-9H2,1-2H3. The van der Waals surface area contributed by atoms with E-state index in [0.717, 1.165) is 61.0 Å². The maximum absolute atomic E-state index is 5.50. The molecule has 3 heterocycles. The predicted octanol–water partition coefficient (Wildman–Crippen LogP) is 2.02. The molecule has 2 aromatic rings. The molecule has 2 aliphatic heterocycles. The van der Waals surface area contributed by atoms with Gasteiger partial charge in [-0.15, -0.1) is 0 Å². The molecule has 0 aliphatic carbocycles. The summed E-state index contributed by atoms with van der Waals surface area (Å²) in [5.74, 6) is 2.79. The van der Waals surface area contributed by atoms with E-state index in [1.165, 1.54) is 0 Å². The third-order valence-corrected chi connectivity index (χ3v) is 4.55. The van der Waals surface area contributed by atoms with Gasteiger partial charge in [-0.2, -0.15) is 0 Å². The van der Waals surface area contributed by atoms with Crippen molar-refractivity contribution in [2.45, 2.75) is 19.4 Å². The first-order chi connectivity index (χ1) is 9.76. The summed E-state index contributed by atoms with van der Waals surface area (Å²) in [6.07, 6.45) is 2.12. The second-order valence-electron chi connectivity index (χ2n) is 5.77. The maximum Gasteiger partial charge on any atom is 0.146 e. The molecule has 2 aliphatic rings. The van der Waals surface area contributed by atoms with Crippen LogP contribution in [-0.2, 0) is 17.7 Å². The van der Waals surface area contributed by atoms with Gasteiger partial charge in [0.05, 0.1) is 27.4 Å². The van der Waals surface area contributed by atoms with E-state index in [1.807, 2.05) is 12.1 Å². The van der Waals surface area contributed by atoms with Gasteiger partial charge in [0.2, 0.25) is 0 Å². The number of rotatable bonds is 2. The topological polar surface area (TPSA) is 45.5 Å². The summed E-state index contributed by atoms with van der Waals surface area (Å²) >= 11 is 0. The Morgan fingerprint density at radius 3 is 2.60 bits per heavy atom. The average molecular weight is 274 g/mol. The van der Waals surface area contributed by atoms with Gasteiger partial charge in [0.15, 0.2) is 0 Å². The van der Waals surface area contributed by atoms with E-state index in [0.29, 0.717) is 5.41 Å². The smallest absolute Gasteiger partial charge is 0.146 e. The van der Waals surface area contributed by atoms with Crippen LogP contribution in [0.1, 0.15) is 12.2 Å². The molecular formula is C15H18N2O3. The molecule has 0 saturated carbocycles. The molecule has 106 valence electrons. The fraction of sp³-hybridized carbons (Fsp3) is 0.533. The van der Waals surface area contributed by atoms with Crippen LogP contribution in [0.15, 0.2) is 12.1 Å². The van der Waals surface area contributed by atoms with Crippen LogP contribution in [0.3, 0.4) is 0 Å². The Bertz CT molecular complexity index is 673. The first-order valence-corrected chi connectivity index (χ1v) is 6.94. The number of aromatic nitrogens is 2. The Labute approximate surface area is 117 Å². The molecule has 4 rings (SSSR count). The van der Waals surface area contributed by atoms with E-state index in [-0.39, 0.29) is 0 Å². The summed E-state index contributed by atoms with van der Waals surface area (Å²) in [4.78, 5) is 4.81. The monoisotopic (exact) mass is 274 g/mol. The van der Waals surface area contributed by atoms with Crippen LogP contribution in [0.4, 0.5) is 0 Å². The van der Waals surface area contributed by atoms with Gasteiger partial charge in [-0.1, -0.05) is 0 Å². The third-order valence-electron chi connectivity index (χ3n) is 4.55. The Kier molecular flexibility index (Phi) is 2.48. The van der Waals surface area contributed by atoms with Crippen molar-refractivity contribution in [3.05, 3.63) is 18.0 Å². The Morgan fingerprint density at radius 2 is 1.95 bits per heavy atom. The third kappa shape index (κ3) is 1.50. The molecule has 20 heavy (non-hydrogen) atoms. The van der Waals surface area contributed by atoms with Crippen molar-refractivity contribution in [1.29, 1.82) is 0 Å². The van der Waals surface area contributed by atoms with Crippen molar-refractivity contribution in [2.75, 3.05) is 27.4 Å². The molecule has 0 bridgehead atoms. The highest BCUT2D eigenvalue weighted by Crippen LogP contribution is 2.42. The van der Waals surface area contributed by atoms with E-state index in [1.54, 1.807) is 14.2 Å². The molecule has 0 atom stereocenters. The molecule has 5 heteroatoms. The van der Waals surface area contributed by atoms with Crippen molar-refractivity contribution < 1.29 is 14.2 Å². The summed E-state index contributed by atoms with van der Waals surface area (Å²) in [5, 5.41) is 0. The second-order valence-corrected chi connectivity index (χ2v) is 5.77. The normalized spacial score (nSPS) is 19.7. The zero-order valence-electron chi connectivity index (χ0n) is 11.8. The lowest BCUT2D eigenvalue weighted by Crippen LogP contribution is -2.47. The van der Waals surface area contributed by atoms with Crippen molar-refractivity contribution in [3.8, 4) is 11.5 Å². The van der Waals surface area contributed by atoms with E-state index in [4.69, 9.17) is 19.2 Å². The highest BCUT2D eigenvalue weighted by atomic mass is 16.5. The Balaban J connectivity index is 1.91. The second kappa shape index (κ2) is 4.12. The number of benzene rings is 1. The van der Waals surface area contributed by atoms with E-state index in [2.05, 4.69) is 4.57 Å². The zero-order chi connectivity index (χ0) is 13.7. The average Bonchev–Trinajstić information content (AvgIpc) is 2.82. The van der Waals surface area contributed by atoms with Gasteiger partial charge in [-0.05, 0) is 18.6 Å². The van der Waals surface area contributed by atoms with Crippen molar-refractivity contribution in [1.82, 2.24) is 9.55 Å². The summed E-state index contributed by atoms with van der Waals surface area (Å²) < 4.78 is 18.6. The molecule has 0 amide bonds. The molecule has 1 aromatic heterocycles. The van der Waals surface area contributed by atoms with Gasteiger partial charge in [0, 0.05) is 18.4 Å². The van der Waals surface area contributed by atoms with Crippen LogP contribution in [0.2, 0.25) is 0 Å². The molecule has 1 fully saturated rings. The Morgan fingerprint density at radius 1 is 1.20 bits per heavy atom. The van der Waals surface area contributed by atoms with Crippen molar-refractivity contribution in [2.24, 2.45) is 5.41 Å². The molecule has 5 nitrogen and oxygen atoms in total. The minimum Gasteiger partial charge on any atom is -0.494 e. The van der Waals surface area contributed by atoms with Crippen LogP contribution in [0.5, 0.6) is 11.5 Å². The highest BCUT2D eigenvalue weighted by molar-refractivity contribution is 5.88. The van der Waals surface area contributed by atoms with Crippen LogP contribution in [0, 0.1) is 5.41 Å². The first-order valence-electron chi connectivity index (χ1n) is 6.94. The van der Waals surface area contributed by atoms with Gasteiger partial charge in [0.25, 0.3) is 0 Å². The first kappa shape index (κ1) is 12.0. The summed E-state index contributed by atoms with van der Waals surface area (Å²) in [5.41, 5.74) is 2.27. The summed E-state index contributed by atoms with van der Waals surface area (Å²) in [6, 6.07) is 3.87. The minimum atomic E-state index is 0.317. The predicted molar refractivity (Wildman–Crippen MR) is 74.4 cm³/mol. The lowest BCUT2D eigenvalue weighted by atomic mass is 9.77. The van der Waals surface area contributed by atoms with Crippen LogP contribution < -0.4 is 9.47 Å². The quantitative estimate of drug-likeness (QED) is 0.840. The Hall–Kier alpha value is -1.75. The number of nitrogens with zero attached hydrogens (tertiary/aromatic N) is 2. The molecule has 0 radical (unpaired) electrons. The van der Waals surface area contributed by atoms with Crippen LogP contribution >= 0.6 is 0 Å². The fourth-order valence-electron chi connectivity index (χ4n) is 3.35. The van der Waals surface area contributed by atoms with Gasteiger partial charge < -0.3 is 18.8 Å². The summed E-state index contributed by atoms with van der Waals surface area (Å²) in [6.45, 7) is 2.70. The van der Waals surface area contributed by atoms with Gasteiger partial charge >= 0.3 is 0 Å².